The summed E-state index contributed by atoms with van der Waals surface area (Å²) in [6.45, 7) is 4.44. The Labute approximate surface area is 174 Å². The zero-order valence-electron chi connectivity index (χ0n) is 17.1. The van der Waals surface area contributed by atoms with Gasteiger partial charge in [0, 0.05) is 43.5 Å². The predicted octanol–water partition coefficient (Wildman–Crippen LogP) is 2.69. The predicted molar refractivity (Wildman–Crippen MR) is 117 cm³/mol. The molecule has 0 saturated carbocycles. The number of para-hydroxylation sites is 3. The lowest BCUT2D eigenvalue weighted by molar-refractivity contribution is -0.128. The number of nitrogens with one attached hydrogen (secondary N) is 3. The summed E-state index contributed by atoms with van der Waals surface area (Å²) < 4.78 is 2.09. The van der Waals surface area contributed by atoms with Crippen molar-refractivity contribution < 1.29 is 9.59 Å². The minimum absolute atomic E-state index is 0.197. The number of imidazole rings is 1. The lowest BCUT2D eigenvalue weighted by Gasteiger charge is -2.18. The van der Waals surface area contributed by atoms with Crippen LogP contribution in [0.3, 0.4) is 0 Å². The van der Waals surface area contributed by atoms with Crippen LogP contribution in [0.1, 0.15) is 18.3 Å². The molecule has 2 amide bonds. The average molecular weight is 403 g/mol. The standard InChI is InChI=1S/C23H25N5O2/c1-15-26-20-9-5-6-10-22(20)28(15)12-11-24-23(30)21(27-16(2)29)13-17-14-25-19-8-4-3-7-18(17)19/h3-10,14,21,25H,11-13H2,1-2H3,(H,24,30)(H,27,29). The third-order valence-electron chi connectivity index (χ3n) is 5.27. The van der Waals surface area contributed by atoms with Crippen LogP contribution in [0.15, 0.2) is 54.7 Å². The fourth-order valence-electron chi connectivity index (χ4n) is 3.87. The number of H-pyrrole nitrogens is 1. The molecule has 1 atom stereocenters. The second-order valence-corrected chi connectivity index (χ2v) is 7.41. The smallest absolute Gasteiger partial charge is 0.242 e. The second-order valence-electron chi connectivity index (χ2n) is 7.41. The quantitative estimate of drug-likeness (QED) is 0.443. The van der Waals surface area contributed by atoms with Crippen LogP contribution in [-0.4, -0.2) is 38.9 Å². The monoisotopic (exact) mass is 403 g/mol. The first kappa shape index (κ1) is 19.7. The highest BCUT2D eigenvalue weighted by atomic mass is 16.2. The zero-order chi connectivity index (χ0) is 21.1. The number of fused-ring (bicyclic) bond motifs is 2. The Morgan fingerprint density at radius 2 is 1.90 bits per heavy atom. The number of carbonyl (C=O) groups is 2. The summed E-state index contributed by atoms with van der Waals surface area (Å²) in [6.07, 6.45) is 2.32. The van der Waals surface area contributed by atoms with E-state index in [0.717, 1.165) is 33.3 Å². The van der Waals surface area contributed by atoms with Crippen molar-refractivity contribution in [2.24, 2.45) is 0 Å². The van der Waals surface area contributed by atoms with Crippen LogP contribution in [-0.2, 0) is 22.6 Å². The van der Waals surface area contributed by atoms with Crippen LogP contribution in [0.2, 0.25) is 0 Å². The Morgan fingerprint density at radius 3 is 2.73 bits per heavy atom. The molecule has 2 aromatic heterocycles. The van der Waals surface area contributed by atoms with Crippen LogP contribution >= 0.6 is 0 Å². The number of benzene rings is 2. The minimum Gasteiger partial charge on any atom is -0.361 e. The van der Waals surface area contributed by atoms with E-state index in [9.17, 15) is 9.59 Å². The molecule has 0 radical (unpaired) electrons. The van der Waals surface area contributed by atoms with E-state index in [-0.39, 0.29) is 11.8 Å². The molecule has 30 heavy (non-hydrogen) atoms. The molecule has 0 aliphatic rings. The largest absolute Gasteiger partial charge is 0.361 e. The lowest BCUT2D eigenvalue weighted by Crippen LogP contribution is -2.48. The number of amides is 2. The van der Waals surface area contributed by atoms with E-state index in [2.05, 4.69) is 25.2 Å². The Kier molecular flexibility index (Phi) is 5.52. The molecule has 7 nitrogen and oxygen atoms in total. The van der Waals surface area contributed by atoms with E-state index in [1.807, 2.05) is 61.7 Å². The highest BCUT2D eigenvalue weighted by molar-refractivity contribution is 5.89. The summed E-state index contributed by atoms with van der Waals surface area (Å²) >= 11 is 0. The van der Waals surface area contributed by atoms with Crippen molar-refractivity contribution in [2.45, 2.75) is 32.9 Å². The number of aryl methyl sites for hydroxylation is 1. The van der Waals surface area contributed by atoms with Gasteiger partial charge in [0.25, 0.3) is 0 Å². The van der Waals surface area contributed by atoms with Gasteiger partial charge in [-0.05, 0) is 30.7 Å². The summed E-state index contributed by atoms with van der Waals surface area (Å²) in [6, 6.07) is 15.2. The summed E-state index contributed by atoms with van der Waals surface area (Å²) in [5, 5.41) is 6.81. The normalized spacial score (nSPS) is 12.2. The van der Waals surface area contributed by atoms with Gasteiger partial charge >= 0.3 is 0 Å². The van der Waals surface area contributed by atoms with Crippen molar-refractivity contribution in [3.63, 3.8) is 0 Å². The lowest BCUT2D eigenvalue weighted by atomic mass is 10.0. The molecule has 4 rings (SSSR count). The Balaban J connectivity index is 1.44. The molecule has 0 aliphatic heterocycles. The van der Waals surface area contributed by atoms with Gasteiger partial charge in [-0.25, -0.2) is 4.98 Å². The van der Waals surface area contributed by atoms with E-state index in [1.54, 1.807) is 0 Å². The van der Waals surface area contributed by atoms with Crippen LogP contribution < -0.4 is 10.6 Å². The van der Waals surface area contributed by atoms with E-state index in [1.165, 1.54) is 6.92 Å². The van der Waals surface area contributed by atoms with Crippen LogP contribution in [0, 0.1) is 6.92 Å². The third-order valence-corrected chi connectivity index (χ3v) is 5.27. The van der Waals surface area contributed by atoms with Crippen molar-refractivity contribution >= 4 is 33.8 Å². The van der Waals surface area contributed by atoms with Gasteiger partial charge in [0.05, 0.1) is 11.0 Å². The van der Waals surface area contributed by atoms with Gasteiger partial charge in [-0.3, -0.25) is 9.59 Å². The number of hydrogen-bond donors (Lipinski definition) is 3. The first-order valence-electron chi connectivity index (χ1n) is 10.0. The topological polar surface area (TPSA) is 91.8 Å². The Bertz CT molecular complexity index is 1210. The molecule has 0 fully saturated rings. The molecular weight excluding hydrogens is 378 g/mol. The highest BCUT2D eigenvalue weighted by Crippen LogP contribution is 2.19. The second kappa shape index (κ2) is 8.41. The summed E-state index contributed by atoms with van der Waals surface area (Å²) in [5.74, 6) is 0.478. The van der Waals surface area contributed by atoms with E-state index >= 15 is 0 Å². The third kappa shape index (κ3) is 4.05. The number of rotatable bonds is 7. The van der Waals surface area contributed by atoms with Crippen molar-refractivity contribution in [3.05, 3.63) is 66.1 Å². The molecule has 3 N–H and O–H groups in total. The molecule has 154 valence electrons. The van der Waals surface area contributed by atoms with Gasteiger partial charge in [-0.15, -0.1) is 0 Å². The van der Waals surface area contributed by atoms with E-state index in [4.69, 9.17) is 0 Å². The maximum Gasteiger partial charge on any atom is 0.242 e. The number of aromatic nitrogens is 3. The van der Waals surface area contributed by atoms with Crippen LogP contribution in [0.5, 0.6) is 0 Å². The number of hydrogen-bond acceptors (Lipinski definition) is 3. The summed E-state index contributed by atoms with van der Waals surface area (Å²) in [7, 11) is 0. The maximum atomic E-state index is 12.9. The van der Waals surface area contributed by atoms with Crippen molar-refractivity contribution in [1.29, 1.82) is 0 Å². The number of carbonyl (C=O) groups excluding carboxylic acids is 2. The molecule has 1 unspecified atom stereocenters. The molecule has 4 aromatic rings. The molecule has 0 spiro atoms. The van der Waals surface area contributed by atoms with Gasteiger partial charge in [0.15, 0.2) is 0 Å². The maximum absolute atomic E-state index is 12.9. The molecule has 0 saturated heterocycles. The van der Waals surface area contributed by atoms with Crippen molar-refractivity contribution in [1.82, 2.24) is 25.2 Å². The SMILES string of the molecule is CC(=O)NC(Cc1c[nH]c2ccccc12)C(=O)NCCn1c(C)nc2ccccc21. The fourth-order valence-corrected chi connectivity index (χ4v) is 3.87. The number of nitrogens with zero attached hydrogens (tertiary/aromatic N) is 2. The molecule has 2 heterocycles. The van der Waals surface area contributed by atoms with E-state index in [0.29, 0.717) is 19.5 Å². The molecule has 0 aliphatic carbocycles. The molecule has 0 bridgehead atoms. The zero-order valence-corrected chi connectivity index (χ0v) is 17.1. The highest BCUT2D eigenvalue weighted by Gasteiger charge is 2.21. The molecule has 2 aromatic carbocycles. The van der Waals surface area contributed by atoms with Crippen LogP contribution in [0.4, 0.5) is 0 Å². The van der Waals surface area contributed by atoms with Gasteiger partial charge in [0.2, 0.25) is 11.8 Å². The molecule has 7 heteroatoms. The molecular formula is C23H25N5O2. The Hall–Kier alpha value is -3.61. The number of aromatic amines is 1. The minimum atomic E-state index is -0.637. The van der Waals surface area contributed by atoms with E-state index < -0.39 is 6.04 Å². The summed E-state index contributed by atoms with van der Waals surface area (Å²) in [5.41, 5.74) is 3.99. The average Bonchev–Trinajstić information content (AvgIpc) is 3.28. The van der Waals surface area contributed by atoms with Gasteiger partial charge < -0.3 is 20.2 Å². The van der Waals surface area contributed by atoms with Crippen molar-refractivity contribution in [2.75, 3.05) is 6.54 Å². The van der Waals surface area contributed by atoms with Gasteiger partial charge in [-0.2, -0.15) is 0 Å². The first-order chi connectivity index (χ1) is 14.5. The first-order valence-corrected chi connectivity index (χ1v) is 10.0. The van der Waals surface area contributed by atoms with Gasteiger partial charge in [-0.1, -0.05) is 30.3 Å². The van der Waals surface area contributed by atoms with Gasteiger partial charge in [0.1, 0.15) is 11.9 Å². The summed E-state index contributed by atoms with van der Waals surface area (Å²) in [4.78, 5) is 32.3. The van der Waals surface area contributed by atoms with Crippen molar-refractivity contribution in [3.8, 4) is 0 Å². The Morgan fingerprint density at radius 1 is 1.13 bits per heavy atom. The van der Waals surface area contributed by atoms with Crippen LogP contribution in [0.25, 0.3) is 21.9 Å². The fraction of sp³-hybridized carbons (Fsp3) is 0.261.